The molecular formula is C17H26N6O3S. The number of morpholine rings is 1. The molecule has 1 heterocycles. The molecule has 2 rings (SSSR count). The number of hydrogen-bond donors (Lipinski definition) is 2. The number of thiocarbonyl (C=S) groups is 1. The SMILES string of the molecule is CN(C)c1ccc(/C=N\NC(=S)NCCCN2CCOCC2)cc1[N+](=O)[O-]. The number of nitro benzene ring substituents is 1. The number of nitrogens with zero attached hydrogens (tertiary/aromatic N) is 4. The van der Waals surface area contributed by atoms with Gasteiger partial charge < -0.3 is 15.0 Å². The first-order chi connectivity index (χ1) is 13.0. The van der Waals surface area contributed by atoms with Gasteiger partial charge in [-0.2, -0.15) is 5.10 Å². The molecule has 27 heavy (non-hydrogen) atoms. The summed E-state index contributed by atoms with van der Waals surface area (Å²) in [6.45, 7) is 5.31. The Labute approximate surface area is 164 Å². The van der Waals surface area contributed by atoms with Gasteiger partial charge in [0, 0.05) is 45.4 Å². The first-order valence-corrected chi connectivity index (χ1v) is 9.21. The van der Waals surface area contributed by atoms with Crippen molar-refractivity contribution in [3.05, 3.63) is 33.9 Å². The fraction of sp³-hybridized carbons (Fsp3) is 0.529. The Morgan fingerprint density at radius 3 is 2.85 bits per heavy atom. The molecule has 0 aromatic heterocycles. The minimum Gasteiger partial charge on any atom is -0.379 e. The van der Waals surface area contributed by atoms with E-state index in [9.17, 15) is 10.1 Å². The van der Waals surface area contributed by atoms with Crippen molar-refractivity contribution in [3.63, 3.8) is 0 Å². The second-order valence-electron chi connectivity index (χ2n) is 6.33. The summed E-state index contributed by atoms with van der Waals surface area (Å²) in [5.74, 6) is 0. The summed E-state index contributed by atoms with van der Waals surface area (Å²) in [7, 11) is 3.53. The van der Waals surface area contributed by atoms with Crippen molar-refractivity contribution in [1.29, 1.82) is 0 Å². The molecule has 0 bridgehead atoms. The Hall–Kier alpha value is -2.30. The van der Waals surface area contributed by atoms with Gasteiger partial charge in [-0.15, -0.1) is 0 Å². The molecule has 1 aliphatic rings. The predicted molar refractivity (Wildman–Crippen MR) is 111 cm³/mol. The van der Waals surface area contributed by atoms with Crippen molar-refractivity contribution in [2.24, 2.45) is 5.10 Å². The summed E-state index contributed by atoms with van der Waals surface area (Å²) >= 11 is 5.18. The van der Waals surface area contributed by atoms with Crippen molar-refractivity contribution in [2.45, 2.75) is 6.42 Å². The van der Waals surface area contributed by atoms with Crippen molar-refractivity contribution in [1.82, 2.24) is 15.6 Å². The number of ether oxygens (including phenoxy) is 1. The summed E-state index contributed by atoms with van der Waals surface area (Å²) in [6.07, 6.45) is 2.48. The molecule has 0 unspecified atom stereocenters. The average Bonchev–Trinajstić information content (AvgIpc) is 2.66. The van der Waals surface area contributed by atoms with Crippen LogP contribution in [0, 0.1) is 10.1 Å². The van der Waals surface area contributed by atoms with Crippen molar-refractivity contribution >= 4 is 34.9 Å². The number of anilines is 1. The second kappa shape index (κ2) is 10.8. The largest absolute Gasteiger partial charge is 0.379 e. The van der Waals surface area contributed by atoms with Crippen LogP contribution in [0.15, 0.2) is 23.3 Å². The molecule has 0 radical (unpaired) electrons. The lowest BCUT2D eigenvalue weighted by Crippen LogP contribution is -2.39. The minimum absolute atomic E-state index is 0.0350. The van der Waals surface area contributed by atoms with Crippen LogP contribution in [0.3, 0.4) is 0 Å². The summed E-state index contributed by atoms with van der Waals surface area (Å²) in [4.78, 5) is 14.9. The minimum atomic E-state index is -0.402. The fourth-order valence-corrected chi connectivity index (χ4v) is 2.83. The summed E-state index contributed by atoms with van der Waals surface area (Å²) in [5.41, 5.74) is 3.93. The lowest BCUT2D eigenvalue weighted by Gasteiger charge is -2.26. The summed E-state index contributed by atoms with van der Waals surface area (Å²) in [5, 5.41) is 18.8. The Balaban J connectivity index is 1.74. The number of hydrogen-bond acceptors (Lipinski definition) is 7. The highest BCUT2D eigenvalue weighted by Crippen LogP contribution is 2.27. The molecule has 0 spiro atoms. The van der Waals surface area contributed by atoms with Gasteiger partial charge in [-0.05, 0) is 31.2 Å². The van der Waals surface area contributed by atoms with Crippen LogP contribution < -0.4 is 15.6 Å². The fourth-order valence-electron chi connectivity index (χ4n) is 2.68. The van der Waals surface area contributed by atoms with E-state index in [1.165, 1.54) is 12.3 Å². The number of nitro groups is 1. The van der Waals surface area contributed by atoms with Gasteiger partial charge in [-0.3, -0.25) is 20.4 Å². The second-order valence-corrected chi connectivity index (χ2v) is 6.74. The predicted octanol–water partition coefficient (Wildman–Crippen LogP) is 1.18. The third-order valence-corrected chi connectivity index (χ3v) is 4.33. The first-order valence-electron chi connectivity index (χ1n) is 8.80. The van der Waals surface area contributed by atoms with Crippen molar-refractivity contribution in [3.8, 4) is 0 Å². The molecule has 1 saturated heterocycles. The highest BCUT2D eigenvalue weighted by Gasteiger charge is 2.15. The molecule has 1 aromatic carbocycles. The molecule has 148 valence electrons. The van der Waals surface area contributed by atoms with Crippen LogP contribution in [0.2, 0.25) is 0 Å². The molecule has 1 aromatic rings. The third-order valence-electron chi connectivity index (χ3n) is 4.10. The monoisotopic (exact) mass is 394 g/mol. The molecule has 10 heteroatoms. The number of benzene rings is 1. The summed E-state index contributed by atoms with van der Waals surface area (Å²) < 4.78 is 5.32. The number of nitrogens with one attached hydrogen (secondary N) is 2. The van der Waals surface area contributed by atoms with Crippen LogP contribution in [-0.2, 0) is 4.74 Å². The van der Waals surface area contributed by atoms with E-state index in [1.54, 1.807) is 31.1 Å². The van der Waals surface area contributed by atoms with Crippen LogP contribution in [0.5, 0.6) is 0 Å². The third kappa shape index (κ3) is 7.08. The van der Waals surface area contributed by atoms with E-state index < -0.39 is 4.92 Å². The van der Waals surface area contributed by atoms with E-state index >= 15 is 0 Å². The smallest absolute Gasteiger partial charge is 0.293 e. The van der Waals surface area contributed by atoms with Crippen LogP contribution in [0.1, 0.15) is 12.0 Å². The van der Waals surface area contributed by atoms with Gasteiger partial charge in [0.15, 0.2) is 5.11 Å². The molecule has 0 atom stereocenters. The van der Waals surface area contributed by atoms with Crippen LogP contribution in [0.4, 0.5) is 11.4 Å². The topological polar surface area (TPSA) is 95.3 Å². The Morgan fingerprint density at radius 1 is 1.44 bits per heavy atom. The van der Waals surface area contributed by atoms with Gasteiger partial charge >= 0.3 is 0 Å². The maximum atomic E-state index is 11.2. The Morgan fingerprint density at radius 2 is 2.19 bits per heavy atom. The molecule has 0 saturated carbocycles. The van der Waals surface area contributed by atoms with E-state index in [4.69, 9.17) is 17.0 Å². The molecule has 2 N–H and O–H groups in total. The lowest BCUT2D eigenvalue weighted by molar-refractivity contribution is -0.384. The summed E-state index contributed by atoms with van der Waals surface area (Å²) in [6, 6.07) is 4.95. The van der Waals surface area contributed by atoms with Crippen molar-refractivity contribution < 1.29 is 9.66 Å². The van der Waals surface area contributed by atoms with Gasteiger partial charge in [0.2, 0.25) is 0 Å². The van der Waals surface area contributed by atoms with E-state index in [2.05, 4.69) is 20.7 Å². The number of hydrazone groups is 1. The highest BCUT2D eigenvalue weighted by molar-refractivity contribution is 7.80. The molecule has 9 nitrogen and oxygen atoms in total. The Bertz CT molecular complexity index is 677. The average molecular weight is 395 g/mol. The van der Waals surface area contributed by atoms with Crippen LogP contribution in [-0.4, -0.2) is 74.6 Å². The van der Waals surface area contributed by atoms with Gasteiger partial charge in [0.1, 0.15) is 5.69 Å². The standard InChI is InChI=1S/C17H26N6O3S/c1-21(2)15-5-4-14(12-16(15)23(24)25)13-19-20-17(27)18-6-3-7-22-8-10-26-11-9-22/h4-5,12-13H,3,6-11H2,1-2H3,(H2,18,20,27)/b19-13-. The maximum Gasteiger partial charge on any atom is 0.293 e. The Kier molecular flexibility index (Phi) is 8.37. The number of rotatable bonds is 8. The zero-order chi connectivity index (χ0) is 19.6. The van der Waals surface area contributed by atoms with E-state index in [1.807, 2.05) is 0 Å². The molecule has 1 aliphatic heterocycles. The first kappa shape index (κ1) is 21.0. The van der Waals surface area contributed by atoms with Crippen LogP contribution >= 0.6 is 12.2 Å². The molecule has 0 aliphatic carbocycles. The van der Waals surface area contributed by atoms with E-state index in [0.29, 0.717) is 16.4 Å². The quantitative estimate of drug-likeness (QED) is 0.223. The lowest BCUT2D eigenvalue weighted by atomic mass is 10.2. The zero-order valence-corrected chi connectivity index (χ0v) is 16.5. The van der Waals surface area contributed by atoms with Gasteiger partial charge in [-0.25, -0.2) is 0 Å². The van der Waals surface area contributed by atoms with Gasteiger partial charge in [0.05, 0.1) is 24.4 Å². The highest BCUT2D eigenvalue weighted by atomic mass is 32.1. The zero-order valence-electron chi connectivity index (χ0n) is 15.7. The molecule has 0 amide bonds. The maximum absolute atomic E-state index is 11.2. The molecular weight excluding hydrogens is 368 g/mol. The van der Waals surface area contributed by atoms with Gasteiger partial charge in [0.25, 0.3) is 5.69 Å². The molecule has 1 fully saturated rings. The van der Waals surface area contributed by atoms with Crippen molar-refractivity contribution in [2.75, 3.05) is 58.4 Å². The van der Waals surface area contributed by atoms with E-state index in [-0.39, 0.29) is 5.69 Å². The van der Waals surface area contributed by atoms with E-state index in [0.717, 1.165) is 45.8 Å². The van der Waals surface area contributed by atoms with Crippen LogP contribution in [0.25, 0.3) is 0 Å². The normalized spacial score (nSPS) is 14.9. The van der Waals surface area contributed by atoms with Gasteiger partial charge in [-0.1, -0.05) is 6.07 Å².